The average Bonchev–Trinajstić information content (AvgIpc) is 2.54. The van der Waals surface area contributed by atoms with Crippen LogP contribution in [0.15, 0.2) is 54.6 Å². The number of ether oxygens (including phenoxy) is 2. The average molecular weight is 283 g/mol. The summed E-state index contributed by atoms with van der Waals surface area (Å²) >= 11 is 0. The Bertz CT molecular complexity index is 612. The molecule has 108 valence electrons. The van der Waals surface area contributed by atoms with Crippen LogP contribution in [0.2, 0.25) is 0 Å². The molecule has 0 spiro atoms. The van der Waals surface area contributed by atoms with Crippen molar-refractivity contribution in [2.24, 2.45) is 0 Å². The number of rotatable bonds is 4. The Morgan fingerprint density at radius 2 is 1.90 bits per heavy atom. The fourth-order valence-corrected chi connectivity index (χ4v) is 2.36. The van der Waals surface area contributed by atoms with E-state index in [1.807, 2.05) is 54.6 Å². The van der Waals surface area contributed by atoms with Crippen LogP contribution in [-0.4, -0.2) is 25.2 Å². The van der Waals surface area contributed by atoms with Gasteiger partial charge in [-0.15, -0.1) is 0 Å². The van der Waals surface area contributed by atoms with Crippen molar-refractivity contribution in [3.63, 3.8) is 0 Å². The lowest BCUT2D eigenvalue weighted by molar-refractivity contribution is -0.124. The van der Waals surface area contributed by atoms with Gasteiger partial charge in [-0.2, -0.15) is 0 Å². The number of hydrogen-bond acceptors (Lipinski definition) is 3. The van der Waals surface area contributed by atoms with Gasteiger partial charge in [-0.25, -0.2) is 0 Å². The van der Waals surface area contributed by atoms with Crippen molar-refractivity contribution in [2.45, 2.75) is 12.5 Å². The first-order valence-corrected chi connectivity index (χ1v) is 6.99. The number of para-hydroxylation sites is 2. The number of carbonyl (C=O) groups excluding carboxylic acids is 1. The maximum atomic E-state index is 11.9. The predicted molar refractivity (Wildman–Crippen MR) is 79.5 cm³/mol. The predicted octanol–water partition coefficient (Wildman–Crippen LogP) is 2.19. The monoisotopic (exact) mass is 283 g/mol. The van der Waals surface area contributed by atoms with Crippen molar-refractivity contribution in [2.75, 3.05) is 13.2 Å². The molecule has 0 radical (unpaired) electrons. The highest BCUT2D eigenvalue weighted by atomic mass is 16.5. The van der Waals surface area contributed by atoms with Crippen LogP contribution >= 0.6 is 0 Å². The minimum Gasteiger partial charge on any atom is -0.491 e. The molecule has 1 heterocycles. The van der Waals surface area contributed by atoms with Gasteiger partial charge in [0.2, 0.25) is 0 Å². The minimum atomic E-state index is -0.133. The fourth-order valence-electron chi connectivity index (χ4n) is 2.36. The second kappa shape index (κ2) is 6.31. The number of carbonyl (C=O) groups is 1. The highest BCUT2D eigenvalue weighted by molar-refractivity contribution is 5.78. The van der Waals surface area contributed by atoms with E-state index in [2.05, 4.69) is 5.32 Å². The van der Waals surface area contributed by atoms with Gasteiger partial charge in [0.15, 0.2) is 6.61 Å². The maximum Gasteiger partial charge on any atom is 0.258 e. The van der Waals surface area contributed by atoms with Crippen LogP contribution in [0.1, 0.15) is 5.56 Å². The van der Waals surface area contributed by atoms with Crippen molar-refractivity contribution >= 4 is 5.91 Å². The third-order valence-electron chi connectivity index (χ3n) is 3.36. The molecule has 2 aromatic carbocycles. The summed E-state index contributed by atoms with van der Waals surface area (Å²) in [7, 11) is 0. The highest BCUT2D eigenvalue weighted by Crippen LogP contribution is 2.23. The fraction of sp³-hybridized carbons (Fsp3) is 0.235. The van der Waals surface area contributed by atoms with Gasteiger partial charge >= 0.3 is 0 Å². The zero-order chi connectivity index (χ0) is 14.5. The van der Waals surface area contributed by atoms with Crippen LogP contribution in [0.25, 0.3) is 0 Å². The van der Waals surface area contributed by atoms with Crippen molar-refractivity contribution in [1.29, 1.82) is 0 Å². The molecule has 0 aromatic heterocycles. The normalized spacial score (nSPS) is 16.5. The number of hydrogen-bond donors (Lipinski definition) is 1. The number of amides is 1. The topological polar surface area (TPSA) is 47.6 Å². The Hall–Kier alpha value is -2.49. The van der Waals surface area contributed by atoms with Gasteiger partial charge in [0, 0.05) is 0 Å². The van der Waals surface area contributed by atoms with E-state index >= 15 is 0 Å². The lowest BCUT2D eigenvalue weighted by atomic mass is 10.0. The summed E-state index contributed by atoms with van der Waals surface area (Å²) in [5, 5.41) is 2.94. The molecule has 4 nitrogen and oxygen atoms in total. The molecule has 1 amide bonds. The molecule has 1 aliphatic heterocycles. The molecule has 1 N–H and O–H groups in total. The van der Waals surface area contributed by atoms with Gasteiger partial charge in [-0.05, 0) is 30.2 Å². The molecule has 21 heavy (non-hydrogen) atoms. The van der Waals surface area contributed by atoms with E-state index in [1.165, 1.54) is 0 Å². The lowest BCUT2D eigenvalue weighted by Gasteiger charge is -2.26. The maximum absolute atomic E-state index is 11.9. The van der Waals surface area contributed by atoms with Crippen LogP contribution in [0, 0.1) is 0 Å². The zero-order valence-corrected chi connectivity index (χ0v) is 11.6. The van der Waals surface area contributed by atoms with Crippen LogP contribution in [0.3, 0.4) is 0 Å². The largest absolute Gasteiger partial charge is 0.491 e. The quantitative estimate of drug-likeness (QED) is 0.935. The van der Waals surface area contributed by atoms with E-state index < -0.39 is 0 Å². The first-order chi connectivity index (χ1) is 10.3. The third-order valence-corrected chi connectivity index (χ3v) is 3.36. The SMILES string of the molecule is O=C(COc1ccccc1)NC1COc2ccccc2C1. The number of benzene rings is 2. The third kappa shape index (κ3) is 3.54. The van der Waals surface area contributed by atoms with Crippen LogP contribution < -0.4 is 14.8 Å². The van der Waals surface area contributed by atoms with E-state index in [4.69, 9.17) is 9.47 Å². The summed E-state index contributed by atoms with van der Waals surface area (Å²) < 4.78 is 11.1. The summed E-state index contributed by atoms with van der Waals surface area (Å²) in [5.41, 5.74) is 1.12. The van der Waals surface area contributed by atoms with Gasteiger partial charge < -0.3 is 14.8 Å². The van der Waals surface area contributed by atoms with E-state index in [9.17, 15) is 4.79 Å². The van der Waals surface area contributed by atoms with Crippen molar-refractivity contribution in [3.8, 4) is 11.5 Å². The summed E-state index contributed by atoms with van der Waals surface area (Å²) in [6, 6.07) is 17.2. The van der Waals surface area contributed by atoms with Crippen molar-refractivity contribution in [3.05, 3.63) is 60.2 Å². The summed E-state index contributed by atoms with van der Waals surface area (Å²) in [5.74, 6) is 1.47. The van der Waals surface area contributed by atoms with Gasteiger partial charge in [0.05, 0.1) is 6.04 Å². The summed E-state index contributed by atoms with van der Waals surface area (Å²) in [6.45, 7) is 0.510. The van der Waals surface area contributed by atoms with E-state index in [-0.39, 0.29) is 18.6 Å². The van der Waals surface area contributed by atoms with Gasteiger partial charge in [-0.1, -0.05) is 36.4 Å². The molecule has 0 saturated carbocycles. The summed E-state index contributed by atoms with van der Waals surface area (Å²) in [4.78, 5) is 11.9. The first kappa shape index (κ1) is 13.5. The Morgan fingerprint density at radius 1 is 1.14 bits per heavy atom. The Balaban J connectivity index is 1.50. The molecule has 0 saturated heterocycles. The van der Waals surface area contributed by atoms with Crippen molar-refractivity contribution < 1.29 is 14.3 Å². The van der Waals surface area contributed by atoms with E-state index in [1.54, 1.807) is 0 Å². The van der Waals surface area contributed by atoms with Crippen LogP contribution in [0.4, 0.5) is 0 Å². The number of nitrogens with one attached hydrogen (secondary N) is 1. The lowest BCUT2D eigenvalue weighted by Crippen LogP contribution is -2.44. The highest BCUT2D eigenvalue weighted by Gasteiger charge is 2.21. The van der Waals surface area contributed by atoms with Crippen molar-refractivity contribution in [1.82, 2.24) is 5.32 Å². The molecule has 0 aliphatic carbocycles. The van der Waals surface area contributed by atoms with Gasteiger partial charge in [0.1, 0.15) is 18.1 Å². The Kier molecular flexibility index (Phi) is 4.05. The Morgan fingerprint density at radius 3 is 2.76 bits per heavy atom. The standard InChI is InChI=1S/C17H17NO3/c19-17(12-20-15-7-2-1-3-8-15)18-14-10-13-6-4-5-9-16(13)21-11-14/h1-9,14H,10-12H2,(H,18,19). The second-order valence-corrected chi connectivity index (χ2v) is 4.99. The minimum absolute atomic E-state index is 0.00762. The Labute approximate surface area is 123 Å². The molecule has 0 bridgehead atoms. The first-order valence-electron chi connectivity index (χ1n) is 6.99. The molecular weight excluding hydrogens is 266 g/mol. The molecule has 3 rings (SSSR count). The van der Waals surface area contributed by atoms with Gasteiger partial charge in [0.25, 0.3) is 5.91 Å². The molecule has 2 aromatic rings. The van der Waals surface area contributed by atoms with Crippen LogP contribution in [-0.2, 0) is 11.2 Å². The smallest absolute Gasteiger partial charge is 0.258 e. The van der Waals surface area contributed by atoms with Gasteiger partial charge in [-0.3, -0.25) is 4.79 Å². The molecule has 1 atom stereocenters. The molecule has 4 heteroatoms. The molecule has 1 aliphatic rings. The number of fused-ring (bicyclic) bond motifs is 1. The molecular formula is C17H17NO3. The zero-order valence-electron chi connectivity index (χ0n) is 11.6. The summed E-state index contributed by atoms with van der Waals surface area (Å²) in [6.07, 6.45) is 0.785. The van der Waals surface area contributed by atoms with E-state index in [0.717, 1.165) is 17.7 Å². The second-order valence-electron chi connectivity index (χ2n) is 4.99. The van der Waals surface area contributed by atoms with E-state index in [0.29, 0.717) is 12.4 Å². The molecule has 1 unspecified atom stereocenters. The molecule has 0 fully saturated rings. The van der Waals surface area contributed by atoms with Crippen LogP contribution in [0.5, 0.6) is 11.5 Å².